The maximum atomic E-state index is 9.18. The fourth-order valence-electron chi connectivity index (χ4n) is 1.17. The van der Waals surface area contributed by atoms with Gasteiger partial charge < -0.3 is 5.11 Å². The molecule has 1 atom stereocenters. The molecule has 0 aromatic carbocycles. The third-order valence-corrected chi connectivity index (χ3v) is 2.11. The van der Waals surface area contributed by atoms with Gasteiger partial charge in [0.2, 0.25) is 0 Å². The fourth-order valence-corrected chi connectivity index (χ4v) is 1.17. The summed E-state index contributed by atoms with van der Waals surface area (Å²) in [5.74, 6) is 0. The van der Waals surface area contributed by atoms with Gasteiger partial charge in [-0.2, -0.15) is 0 Å². The number of aliphatic hydroxyl groups is 1. The van der Waals surface area contributed by atoms with Gasteiger partial charge in [-0.25, -0.2) is 0 Å². The Labute approximate surface area is 63.8 Å². The van der Waals surface area contributed by atoms with Crippen molar-refractivity contribution in [1.29, 1.82) is 0 Å². The van der Waals surface area contributed by atoms with E-state index < -0.39 is 0 Å². The highest BCUT2D eigenvalue weighted by molar-refractivity contribution is 4.64. The molecule has 0 rings (SSSR count). The molecule has 0 aromatic heterocycles. The van der Waals surface area contributed by atoms with Crippen molar-refractivity contribution in [2.24, 2.45) is 0 Å². The zero-order chi connectivity index (χ0) is 8.15. The molecular formula is C8H19NO. The summed E-state index contributed by atoms with van der Waals surface area (Å²) in [5.41, 5.74) is 0. The summed E-state index contributed by atoms with van der Waals surface area (Å²) in [6.45, 7) is 6.10. The van der Waals surface area contributed by atoms with Crippen LogP contribution in [0.15, 0.2) is 0 Å². The van der Waals surface area contributed by atoms with Crippen molar-refractivity contribution in [1.82, 2.24) is 4.90 Å². The van der Waals surface area contributed by atoms with Gasteiger partial charge in [-0.05, 0) is 26.8 Å². The number of aliphatic hydroxyl groups excluding tert-OH is 1. The molecule has 0 aliphatic carbocycles. The van der Waals surface area contributed by atoms with Crippen LogP contribution in [0.1, 0.15) is 33.6 Å². The first kappa shape index (κ1) is 9.92. The van der Waals surface area contributed by atoms with Crippen LogP contribution in [0.4, 0.5) is 0 Å². The van der Waals surface area contributed by atoms with Crippen LogP contribution in [0, 0.1) is 0 Å². The molecule has 0 bridgehead atoms. The van der Waals surface area contributed by atoms with E-state index in [9.17, 15) is 5.11 Å². The second kappa shape index (κ2) is 4.69. The molecule has 2 heteroatoms. The highest BCUT2D eigenvalue weighted by Crippen LogP contribution is 2.07. The van der Waals surface area contributed by atoms with E-state index >= 15 is 0 Å². The number of rotatable bonds is 4. The topological polar surface area (TPSA) is 23.5 Å². The molecule has 0 aliphatic heterocycles. The number of hydrogen-bond donors (Lipinski definition) is 1. The summed E-state index contributed by atoms with van der Waals surface area (Å²) < 4.78 is 0. The lowest BCUT2D eigenvalue weighted by molar-refractivity contribution is 0.00622. The van der Waals surface area contributed by atoms with Crippen molar-refractivity contribution in [2.45, 2.75) is 45.9 Å². The van der Waals surface area contributed by atoms with Gasteiger partial charge in [0.05, 0.1) is 0 Å². The highest BCUT2D eigenvalue weighted by Gasteiger charge is 2.13. The Bertz CT molecular complexity index is 79.3. The Morgan fingerprint density at radius 2 is 1.70 bits per heavy atom. The SMILES string of the molecule is CCC(CC)N(C)C(C)O. The first-order valence-electron chi connectivity index (χ1n) is 4.03. The van der Waals surface area contributed by atoms with E-state index in [0.29, 0.717) is 6.04 Å². The lowest BCUT2D eigenvalue weighted by atomic mass is 10.1. The standard InChI is InChI=1S/C8H19NO/c1-5-8(6-2)9(4)7(3)10/h7-8,10H,5-6H2,1-4H3. The van der Waals surface area contributed by atoms with Crippen LogP contribution in [-0.2, 0) is 0 Å². The van der Waals surface area contributed by atoms with Crippen LogP contribution < -0.4 is 0 Å². The molecule has 0 amide bonds. The van der Waals surface area contributed by atoms with Gasteiger partial charge in [-0.1, -0.05) is 13.8 Å². The van der Waals surface area contributed by atoms with Crippen molar-refractivity contribution in [2.75, 3.05) is 7.05 Å². The molecule has 1 unspecified atom stereocenters. The van der Waals surface area contributed by atoms with Gasteiger partial charge in [0.1, 0.15) is 6.23 Å². The quantitative estimate of drug-likeness (QED) is 0.605. The molecule has 0 fully saturated rings. The smallest absolute Gasteiger partial charge is 0.104 e. The van der Waals surface area contributed by atoms with E-state index in [1.54, 1.807) is 6.92 Å². The molecule has 0 radical (unpaired) electrons. The summed E-state index contributed by atoms with van der Waals surface area (Å²) >= 11 is 0. The predicted molar refractivity (Wildman–Crippen MR) is 43.8 cm³/mol. The third-order valence-electron chi connectivity index (χ3n) is 2.11. The Kier molecular flexibility index (Phi) is 4.65. The molecule has 1 N–H and O–H groups in total. The second-order valence-corrected chi connectivity index (χ2v) is 2.77. The zero-order valence-electron chi connectivity index (χ0n) is 7.46. The maximum absolute atomic E-state index is 9.18. The van der Waals surface area contributed by atoms with Gasteiger partial charge >= 0.3 is 0 Å². The normalized spacial score (nSPS) is 14.7. The summed E-state index contributed by atoms with van der Waals surface area (Å²) in [5, 5.41) is 9.18. The zero-order valence-corrected chi connectivity index (χ0v) is 7.46. The van der Waals surface area contributed by atoms with Crippen LogP contribution in [0.25, 0.3) is 0 Å². The largest absolute Gasteiger partial charge is 0.379 e. The third kappa shape index (κ3) is 2.67. The molecule has 2 nitrogen and oxygen atoms in total. The minimum Gasteiger partial charge on any atom is -0.379 e. The van der Waals surface area contributed by atoms with Gasteiger partial charge in [0, 0.05) is 6.04 Å². The molecular weight excluding hydrogens is 126 g/mol. The monoisotopic (exact) mass is 145 g/mol. The Morgan fingerprint density at radius 3 is 1.80 bits per heavy atom. The van der Waals surface area contributed by atoms with Crippen LogP contribution >= 0.6 is 0 Å². The Hall–Kier alpha value is -0.0800. The molecule has 0 saturated carbocycles. The highest BCUT2D eigenvalue weighted by atomic mass is 16.3. The minimum absolute atomic E-state index is 0.315. The lowest BCUT2D eigenvalue weighted by Gasteiger charge is -2.28. The van der Waals surface area contributed by atoms with E-state index in [2.05, 4.69) is 13.8 Å². The van der Waals surface area contributed by atoms with Gasteiger partial charge in [0.15, 0.2) is 0 Å². The number of hydrogen-bond acceptors (Lipinski definition) is 2. The molecule has 0 aromatic rings. The van der Waals surface area contributed by atoms with Crippen molar-refractivity contribution in [3.05, 3.63) is 0 Å². The minimum atomic E-state index is -0.315. The van der Waals surface area contributed by atoms with E-state index in [0.717, 1.165) is 12.8 Å². The second-order valence-electron chi connectivity index (χ2n) is 2.77. The molecule has 10 heavy (non-hydrogen) atoms. The van der Waals surface area contributed by atoms with Gasteiger partial charge in [-0.3, -0.25) is 4.90 Å². The van der Waals surface area contributed by atoms with Crippen LogP contribution in [0.3, 0.4) is 0 Å². The molecule has 0 spiro atoms. The van der Waals surface area contributed by atoms with Crippen molar-refractivity contribution in [3.63, 3.8) is 0 Å². The van der Waals surface area contributed by atoms with E-state index in [4.69, 9.17) is 0 Å². The summed E-state index contributed by atoms with van der Waals surface area (Å²) in [7, 11) is 1.96. The summed E-state index contributed by atoms with van der Waals surface area (Å²) in [6.07, 6.45) is 1.90. The van der Waals surface area contributed by atoms with E-state index in [-0.39, 0.29) is 6.23 Å². The van der Waals surface area contributed by atoms with Crippen molar-refractivity contribution < 1.29 is 5.11 Å². The van der Waals surface area contributed by atoms with Crippen LogP contribution in [0.5, 0.6) is 0 Å². The van der Waals surface area contributed by atoms with Gasteiger partial charge in [-0.15, -0.1) is 0 Å². The van der Waals surface area contributed by atoms with E-state index in [1.807, 2.05) is 11.9 Å². The van der Waals surface area contributed by atoms with Crippen molar-refractivity contribution >= 4 is 0 Å². The molecule has 62 valence electrons. The van der Waals surface area contributed by atoms with Gasteiger partial charge in [0.25, 0.3) is 0 Å². The van der Waals surface area contributed by atoms with Crippen molar-refractivity contribution in [3.8, 4) is 0 Å². The Morgan fingerprint density at radius 1 is 1.30 bits per heavy atom. The average Bonchev–Trinajstić information content (AvgIpc) is 1.90. The first-order chi connectivity index (χ1) is 4.63. The fraction of sp³-hybridized carbons (Fsp3) is 1.00. The predicted octanol–water partition coefficient (Wildman–Crippen LogP) is 1.45. The number of nitrogens with zero attached hydrogens (tertiary/aromatic N) is 1. The Balaban J connectivity index is 3.76. The summed E-state index contributed by atoms with van der Waals surface area (Å²) in [6, 6.07) is 0.528. The lowest BCUT2D eigenvalue weighted by Crippen LogP contribution is -2.37. The van der Waals surface area contributed by atoms with E-state index in [1.165, 1.54) is 0 Å². The van der Waals surface area contributed by atoms with Crippen LogP contribution in [0.2, 0.25) is 0 Å². The molecule has 0 heterocycles. The average molecular weight is 145 g/mol. The molecule has 0 saturated heterocycles. The first-order valence-corrected chi connectivity index (χ1v) is 4.03. The van der Waals surface area contributed by atoms with Crippen LogP contribution in [-0.4, -0.2) is 29.3 Å². The summed E-state index contributed by atoms with van der Waals surface area (Å²) in [4.78, 5) is 2.00. The maximum Gasteiger partial charge on any atom is 0.104 e. The molecule has 0 aliphatic rings.